The molecule has 0 unspecified atom stereocenters. The molecule has 26 heavy (non-hydrogen) atoms. The molecule has 132 valence electrons. The molecular weight excluding hydrogens is 324 g/mol. The number of fused-ring (bicyclic) bond motifs is 2. The van der Waals surface area contributed by atoms with Gasteiger partial charge in [-0.15, -0.1) is 0 Å². The van der Waals surface area contributed by atoms with E-state index in [1.54, 1.807) is 12.4 Å². The first-order valence-corrected chi connectivity index (χ1v) is 9.37. The van der Waals surface area contributed by atoms with E-state index >= 15 is 0 Å². The zero-order valence-electron chi connectivity index (χ0n) is 14.9. The maximum absolute atomic E-state index is 4.91. The van der Waals surface area contributed by atoms with Crippen LogP contribution in [0, 0.1) is 0 Å². The Balaban J connectivity index is 1.54. The average Bonchev–Trinajstić information content (AvgIpc) is 3.30. The van der Waals surface area contributed by atoms with Gasteiger partial charge in [-0.25, -0.2) is 9.97 Å². The van der Waals surface area contributed by atoms with Crippen LogP contribution in [0.5, 0.6) is 0 Å². The van der Waals surface area contributed by atoms with Crippen molar-refractivity contribution in [1.82, 2.24) is 24.7 Å². The molecule has 0 radical (unpaired) electrons. The van der Waals surface area contributed by atoms with E-state index in [1.807, 2.05) is 30.1 Å². The minimum atomic E-state index is 0.275. The van der Waals surface area contributed by atoms with Crippen molar-refractivity contribution in [3.8, 4) is 11.4 Å². The fourth-order valence-corrected chi connectivity index (χ4v) is 4.20. The Bertz CT molecular complexity index is 946. The molecule has 3 heterocycles. The van der Waals surface area contributed by atoms with Crippen LogP contribution in [0.1, 0.15) is 47.8 Å². The van der Waals surface area contributed by atoms with Gasteiger partial charge in [0.25, 0.3) is 0 Å². The monoisotopic (exact) mass is 346 g/mol. The van der Waals surface area contributed by atoms with Crippen LogP contribution in [0.15, 0.2) is 30.7 Å². The molecule has 0 aliphatic heterocycles. The highest BCUT2D eigenvalue weighted by molar-refractivity contribution is 5.60. The molecule has 0 aromatic carbocycles. The first-order valence-electron chi connectivity index (χ1n) is 9.37. The highest BCUT2D eigenvalue weighted by Crippen LogP contribution is 2.35. The van der Waals surface area contributed by atoms with Crippen LogP contribution in [0.4, 0.5) is 5.82 Å². The Morgan fingerprint density at radius 2 is 1.96 bits per heavy atom. The summed E-state index contributed by atoms with van der Waals surface area (Å²) < 4.78 is 2.01. The quantitative estimate of drug-likeness (QED) is 0.788. The van der Waals surface area contributed by atoms with Crippen LogP contribution >= 0.6 is 0 Å². The van der Waals surface area contributed by atoms with Gasteiger partial charge >= 0.3 is 0 Å². The molecule has 0 amide bonds. The standard InChI is InChI=1S/C20H22N6/c1-26-18-7-3-6-17(15(18)12-22-26)24-20-14-4-2-5-16(14)23-19(25-20)13-8-10-21-11-9-13/h8-12,17H,2-7H2,1H3,(H,23,24,25)/t17-/m1/s1. The number of nitrogens with zero attached hydrogens (tertiary/aromatic N) is 5. The number of nitrogens with one attached hydrogen (secondary N) is 1. The summed E-state index contributed by atoms with van der Waals surface area (Å²) in [6.45, 7) is 0. The fourth-order valence-electron chi connectivity index (χ4n) is 4.20. The molecule has 6 heteroatoms. The Morgan fingerprint density at radius 1 is 1.08 bits per heavy atom. The molecule has 1 N–H and O–H groups in total. The van der Waals surface area contributed by atoms with Gasteiger partial charge in [-0.05, 0) is 50.7 Å². The normalized spacial score (nSPS) is 18.4. The first kappa shape index (κ1) is 15.5. The van der Waals surface area contributed by atoms with Gasteiger partial charge in [-0.2, -0.15) is 5.10 Å². The lowest BCUT2D eigenvalue weighted by Crippen LogP contribution is -2.19. The van der Waals surface area contributed by atoms with Crippen molar-refractivity contribution in [3.05, 3.63) is 53.2 Å². The third kappa shape index (κ3) is 2.57. The topological polar surface area (TPSA) is 68.5 Å². The smallest absolute Gasteiger partial charge is 0.161 e. The number of pyridine rings is 1. The number of rotatable bonds is 3. The van der Waals surface area contributed by atoms with Gasteiger partial charge in [0.05, 0.1) is 12.2 Å². The van der Waals surface area contributed by atoms with Gasteiger partial charge < -0.3 is 5.32 Å². The Kier molecular flexibility index (Phi) is 3.69. The van der Waals surface area contributed by atoms with Crippen molar-refractivity contribution in [2.24, 2.45) is 7.05 Å². The summed E-state index contributed by atoms with van der Waals surface area (Å²) >= 11 is 0. The zero-order chi connectivity index (χ0) is 17.5. The second kappa shape index (κ2) is 6.20. The second-order valence-electron chi connectivity index (χ2n) is 7.17. The molecule has 3 aromatic rings. The predicted molar refractivity (Wildman–Crippen MR) is 99.8 cm³/mol. The van der Waals surface area contributed by atoms with Gasteiger partial charge in [-0.1, -0.05) is 0 Å². The lowest BCUT2D eigenvalue weighted by atomic mass is 9.93. The van der Waals surface area contributed by atoms with Gasteiger partial charge in [0.15, 0.2) is 5.82 Å². The number of anilines is 1. The summed E-state index contributed by atoms with van der Waals surface area (Å²) in [7, 11) is 2.03. The maximum atomic E-state index is 4.91. The fraction of sp³-hybridized carbons (Fsp3) is 0.400. The van der Waals surface area contributed by atoms with Crippen LogP contribution in [0.25, 0.3) is 11.4 Å². The molecule has 0 spiro atoms. The Hall–Kier alpha value is -2.76. The van der Waals surface area contributed by atoms with Crippen molar-refractivity contribution in [2.45, 2.75) is 44.6 Å². The third-order valence-corrected chi connectivity index (χ3v) is 5.56. The molecule has 0 saturated heterocycles. The van der Waals surface area contributed by atoms with E-state index < -0.39 is 0 Å². The lowest BCUT2D eigenvalue weighted by molar-refractivity contribution is 0.569. The summed E-state index contributed by atoms with van der Waals surface area (Å²) in [5.74, 6) is 1.79. The summed E-state index contributed by atoms with van der Waals surface area (Å²) in [6, 6.07) is 4.22. The maximum Gasteiger partial charge on any atom is 0.161 e. The van der Waals surface area contributed by atoms with E-state index in [0.29, 0.717) is 0 Å². The summed E-state index contributed by atoms with van der Waals surface area (Å²) in [5.41, 5.74) is 6.15. The van der Waals surface area contributed by atoms with Crippen molar-refractivity contribution in [2.75, 3.05) is 5.32 Å². The van der Waals surface area contributed by atoms with E-state index in [9.17, 15) is 0 Å². The molecule has 1 atom stereocenters. The number of hydrogen-bond donors (Lipinski definition) is 1. The van der Waals surface area contributed by atoms with Crippen LogP contribution in [-0.4, -0.2) is 24.7 Å². The van der Waals surface area contributed by atoms with Crippen molar-refractivity contribution >= 4 is 5.82 Å². The van der Waals surface area contributed by atoms with Crippen molar-refractivity contribution in [3.63, 3.8) is 0 Å². The van der Waals surface area contributed by atoms with Crippen molar-refractivity contribution < 1.29 is 0 Å². The zero-order valence-corrected chi connectivity index (χ0v) is 14.9. The minimum absolute atomic E-state index is 0.275. The predicted octanol–water partition coefficient (Wildman–Crippen LogP) is 3.25. The Morgan fingerprint density at radius 3 is 2.85 bits per heavy atom. The number of aromatic nitrogens is 5. The average molecular weight is 346 g/mol. The molecule has 0 saturated carbocycles. The van der Waals surface area contributed by atoms with E-state index in [0.717, 1.165) is 49.3 Å². The summed E-state index contributed by atoms with van der Waals surface area (Å²) in [5, 5.41) is 8.21. The Labute approximate surface area is 152 Å². The van der Waals surface area contributed by atoms with E-state index in [-0.39, 0.29) is 6.04 Å². The highest BCUT2D eigenvalue weighted by Gasteiger charge is 2.26. The van der Waals surface area contributed by atoms with Gasteiger partial charge in [0.2, 0.25) is 0 Å². The van der Waals surface area contributed by atoms with Crippen LogP contribution in [0.3, 0.4) is 0 Å². The molecular formula is C20H22N6. The lowest BCUT2D eigenvalue weighted by Gasteiger charge is -2.25. The highest BCUT2D eigenvalue weighted by atomic mass is 15.3. The van der Waals surface area contributed by atoms with Gasteiger partial charge in [0.1, 0.15) is 5.82 Å². The summed E-state index contributed by atoms with van der Waals surface area (Å²) in [4.78, 5) is 13.8. The van der Waals surface area contributed by atoms with Crippen LogP contribution < -0.4 is 5.32 Å². The molecule has 2 aliphatic rings. The largest absolute Gasteiger partial charge is 0.363 e. The molecule has 2 aliphatic carbocycles. The van der Waals surface area contributed by atoms with Crippen LogP contribution in [0.2, 0.25) is 0 Å². The SMILES string of the molecule is Cn1ncc2c1CCC[C@H]2Nc1nc(-c2ccncc2)nc2c1CCC2. The molecule has 3 aromatic heterocycles. The molecule has 0 bridgehead atoms. The third-order valence-electron chi connectivity index (χ3n) is 5.56. The van der Waals surface area contributed by atoms with Crippen LogP contribution in [-0.2, 0) is 26.3 Å². The van der Waals surface area contributed by atoms with Gasteiger partial charge in [-0.3, -0.25) is 9.67 Å². The van der Waals surface area contributed by atoms with E-state index in [2.05, 4.69) is 15.4 Å². The number of aryl methyl sites for hydroxylation is 2. The first-order chi connectivity index (χ1) is 12.8. The van der Waals surface area contributed by atoms with Crippen molar-refractivity contribution in [1.29, 1.82) is 0 Å². The molecule has 0 fully saturated rings. The molecule has 6 nitrogen and oxygen atoms in total. The number of hydrogen-bond acceptors (Lipinski definition) is 5. The molecule has 5 rings (SSSR count). The van der Waals surface area contributed by atoms with E-state index in [4.69, 9.17) is 9.97 Å². The van der Waals surface area contributed by atoms with Gasteiger partial charge in [0, 0.05) is 47.5 Å². The minimum Gasteiger partial charge on any atom is -0.363 e. The summed E-state index contributed by atoms with van der Waals surface area (Å²) in [6.07, 6.45) is 12.2. The van der Waals surface area contributed by atoms with E-state index in [1.165, 1.54) is 28.9 Å². The second-order valence-corrected chi connectivity index (χ2v) is 7.17.